The Balaban J connectivity index is 2.22. The van der Waals surface area contributed by atoms with Crippen molar-refractivity contribution in [2.24, 2.45) is 0 Å². The van der Waals surface area contributed by atoms with Crippen LogP contribution in [0.1, 0.15) is 30.3 Å². The maximum Gasteiger partial charge on any atom is 0.361 e. The number of rotatable bonds is 1. The summed E-state index contributed by atoms with van der Waals surface area (Å²) < 4.78 is 7.78. The van der Waals surface area contributed by atoms with Crippen LogP contribution in [0.15, 0.2) is 4.79 Å². The molecule has 0 bridgehead atoms. The molecule has 1 aromatic heterocycles. The van der Waals surface area contributed by atoms with Crippen LogP contribution in [0.3, 0.4) is 0 Å². The summed E-state index contributed by atoms with van der Waals surface area (Å²) >= 11 is 0. The predicted molar refractivity (Wildman–Crippen MR) is 47.5 cm³/mol. The van der Waals surface area contributed by atoms with E-state index < -0.39 is 0 Å². The Labute approximate surface area is 80.5 Å². The lowest BCUT2D eigenvalue weighted by Gasteiger charge is -2.13. The van der Waals surface area contributed by atoms with Crippen molar-refractivity contribution in [2.75, 3.05) is 6.61 Å². The van der Waals surface area contributed by atoms with Gasteiger partial charge in [0.15, 0.2) is 0 Å². The van der Waals surface area contributed by atoms with E-state index in [1.807, 2.05) is 0 Å². The van der Waals surface area contributed by atoms with E-state index in [1.165, 1.54) is 0 Å². The van der Waals surface area contributed by atoms with Gasteiger partial charge in [-0.3, -0.25) is 4.57 Å². The number of fused-ring (bicyclic) bond motifs is 1. The van der Waals surface area contributed by atoms with Crippen molar-refractivity contribution in [3.8, 4) is 0 Å². The highest BCUT2D eigenvalue weighted by molar-refractivity contribution is 5.17. The van der Waals surface area contributed by atoms with Crippen molar-refractivity contribution >= 4 is 0 Å². The second-order valence-electron chi connectivity index (χ2n) is 3.89. The van der Waals surface area contributed by atoms with Gasteiger partial charge in [-0.15, -0.1) is 4.73 Å². The fourth-order valence-corrected chi connectivity index (χ4v) is 2.04. The maximum absolute atomic E-state index is 11.7. The summed E-state index contributed by atoms with van der Waals surface area (Å²) in [4.78, 5) is 11.7. The smallest absolute Gasteiger partial charge is 0.361 e. The topological polar surface area (TPSA) is 56.4 Å². The van der Waals surface area contributed by atoms with Gasteiger partial charge >= 0.3 is 5.69 Å². The third-order valence-electron chi connectivity index (χ3n) is 2.90. The minimum atomic E-state index is -0.303. The molecule has 3 rings (SSSR count). The Bertz CT molecular complexity index is 428. The first-order valence-corrected chi connectivity index (χ1v) is 4.91. The van der Waals surface area contributed by atoms with Crippen molar-refractivity contribution in [1.29, 1.82) is 0 Å². The lowest BCUT2D eigenvalue weighted by atomic mass is 10.2. The minimum Gasteiger partial charge on any atom is -0.424 e. The molecule has 0 spiro atoms. The van der Waals surface area contributed by atoms with Crippen LogP contribution in [-0.2, 0) is 17.8 Å². The number of hydrogen-bond acceptors (Lipinski definition) is 3. The van der Waals surface area contributed by atoms with Crippen LogP contribution in [0.5, 0.6) is 0 Å². The van der Waals surface area contributed by atoms with Crippen molar-refractivity contribution in [3.05, 3.63) is 21.9 Å². The van der Waals surface area contributed by atoms with E-state index in [9.17, 15) is 10.0 Å². The van der Waals surface area contributed by atoms with Gasteiger partial charge in [-0.1, -0.05) is 0 Å². The summed E-state index contributed by atoms with van der Waals surface area (Å²) in [6, 6.07) is 0.298. The summed E-state index contributed by atoms with van der Waals surface area (Å²) in [6.45, 7) is 1.04. The number of aromatic nitrogens is 2. The third kappa shape index (κ3) is 0.957. The second-order valence-corrected chi connectivity index (χ2v) is 3.89. The fraction of sp³-hybridized carbons (Fsp3) is 0.667. The molecule has 1 aliphatic carbocycles. The van der Waals surface area contributed by atoms with Crippen LogP contribution in [0, 0.1) is 0 Å². The average Bonchev–Trinajstić information content (AvgIpc) is 2.99. The monoisotopic (exact) mass is 196 g/mol. The second kappa shape index (κ2) is 2.63. The van der Waals surface area contributed by atoms with E-state index >= 15 is 0 Å². The van der Waals surface area contributed by atoms with E-state index in [0.29, 0.717) is 25.7 Å². The Morgan fingerprint density at radius 3 is 2.86 bits per heavy atom. The Morgan fingerprint density at radius 2 is 2.14 bits per heavy atom. The average molecular weight is 196 g/mol. The fourth-order valence-electron chi connectivity index (χ4n) is 2.04. The first-order chi connectivity index (χ1) is 6.79. The molecular weight excluding hydrogens is 184 g/mol. The highest BCUT2D eigenvalue weighted by atomic mass is 16.5. The van der Waals surface area contributed by atoms with E-state index in [-0.39, 0.29) is 5.69 Å². The highest BCUT2D eigenvalue weighted by Gasteiger charge is 2.32. The normalized spacial score (nSPS) is 20.9. The third-order valence-corrected chi connectivity index (χ3v) is 2.90. The standard InChI is InChI=1S/C9H12N2O3/c12-9-10(6-1-2-6)8-5-14-4-3-7(8)11(9)13/h6,13H,1-5H2. The zero-order valence-electron chi connectivity index (χ0n) is 7.77. The zero-order valence-corrected chi connectivity index (χ0v) is 7.77. The molecule has 1 aliphatic heterocycles. The largest absolute Gasteiger partial charge is 0.424 e. The molecule has 0 amide bonds. The van der Waals surface area contributed by atoms with Gasteiger partial charge in [-0.2, -0.15) is 0 Å². The molecule has 76 valence electrons. The van der Waals surface area contributed by atoms with Gasteiger partial charge < -0.3 is 9.94 Å². The number of nitrogens with zero attached hydrogens (tertiary/aromatic N) is 2. The molecule has 0 saturated heterocycles. The Hall–Kier alpha value is -1.23. The van der Waals surface area contributed by atoms with Crippen LogP contribution in [-0.4, -0.2) is 21.1 Å². The number of ether oxygens (including phenoxy) is 1. The molecule has 2 aliphatic rings. The lowest BCUT2D eigenvalue weighted by molar-refractivity contribution is 0.0931. The molecule has 5 nitrogen and oxygen atoms in total. The summed E-state index contributed by atoms with van der Waals surface area (Å²) in [6.07, 6.45) is 2.70. The van der Waals surface area contributed by atoms with Gasteiger partial charge in [0, 0.05) is 12.5 Å². The first kappa shape index (κ1) is 8.11. The Morgan fingerprint density at radius 1 is 1.36 bits per heavy atom. The summed E-state index contributed by atoms with van der Waals surface area (Å²) in [5.74, 6) is 0. The van der Waals surface area contributed by atoms with E-state index in [0.717, 1.165) is 29.0 Å². The molecule has 0 atom stereocenters. The van der Waals surface area contributed by atoms with E-state index in [2.05, 4.69) is 0 Å². The molecule has 1 N–H and O–H groups in total. The van der Waals surface area contributed by atoms with Crippen LogP contribution in [0.2, 0.25) is 0 Å². The number of hydrogen-bond donors (Lipinski definition) is 1. The minimum absolute atomic E-state index is 0.298. The van der Waals surface area contributed by atoms with Crippen LogP contribution < -0.4 is 5.69 Å². The van der Waals surface area contributed by atoms with Crippen molar-refractivity contribution in [1.82, 2.24) is 9.30 Å². The number of imidazole rings is 1. The lowest BCUT2D eigenvalue weighted by Crippen LogP contribution is -2.23. The summed E-state index contributed by atoms with van der Waals surface area (Å²) in [5.41, 5.74) is 1.29. The zero-order chi connectivity index (χ0) is 9.71. The van der Waals surface area contributed by atoms with E-state index in [1.54, 1.807) is 4.57 Å². The molecule has 14 heavy (non-hydrogen) atoms. The molecule has 1 saturated carbocycles. The first-order valence-electron chi connectivity index (χ1n) is 4.91. The predicted octanol–water partition coefficient (Wildman–Crippen LogP) is 0.295. The molecule has 2 heterocycles. The summed E-state index contributed by atoms with van der Waals surface area (Å²) in [5, 5.41) is 9.57. The van der Waals surface area contributed by atoms with Crippen LogP contribution in [0.4, 0.5) is 0 Å². The van der Waals surface area contributed by atoms with Crippen LogP contribution >= 0.6 is 0 Å². The Kier molecular flexibility index (Phi) is 1.53. The maximum atomic E-state index is 11.7. The van der Waals surface area contributed by atoms with Gasteiger partial charge in [0.25, 0.3) is 0 Å². The highest BCUT2D eigenvalue weighted by Crippen LogP contribution is 2.36. The quantitative estimate of drug-likeness (QED) is 0.657. The molecule has 0 radical (unpaired) electrons. The van der Waals surface area contributed by atoms with Crippen molar-refractivity contribution in [2.45, 2.75) is 31.9 Å². The molecule has 1 fully saturated rings. The van der Waals surface area contributed by atoms with Crippen molar-refractivity contribution < 1.29 is 9.94 Å². The van der Waals surface area contributed by atoms with Gasteiger partial charge in [0.1, 0.15) is 0 Å². The molecular formula is C9H12N2O3. The molecule has 5 heteroatoms. The van der Waals surface area contributed by atoms with Crippen molar-refractivity contribution in [3.63, 3.8) is 0 Å². The van der Waals surface area contributed by atoms with Gasteiger partial charge in [0.2, 0.25) is 0 Å². The van der Waals surface area contributed by atoms with Gasteiger partial charge in [-0.05, 0) is 12.8 Å². The SMILES string of the molecule is O=c1n(O)c2c(n1C1CC1)COCC2. The van der Waals surface area contributed by atoms with E-state index in [4.69, 9.17) is 4.74 Å². The van der Waals surface area contributed by atoms with Gasteiger partial charge in [0.05, 0.1) is 24.6 Å². The molecule has 1 aromatic rings. The van der Waals surface area contributed by atoms with Crippen LogP contribution in [0.25, 0.3) is 0 Å². The van der Waals surface area contributed by atoms with Gasteiger partial charge in [-0.25, -0.2) is 4.79 Å². The molecule has 0 unspecified atom stereocenters. The molecule has 0 aromatic carbocycles. The summed E-state index contributed by atoms with van der Waals surface area (Å²) in [7, 11) is 0.